The van der Waals surface area contributed by atoms with Gasteiger partial charge in [0.05, 0.1) is 0 Å². The fourth-order valence-electron chi connectivity index (χ4n) is 0.229. The largest absolute Gasteiger partial charge is 0.299 e. The Morgan fingerprint density at radius 1 is 1.83 bits per heavy atom. The van der Waals surface area contributed by atoms with Crippen LogP contribution in [-0.2, 0) is 0 Å². The van der Waals surface area contributed by atoms with Crippen LogP contribution in [0.25, 0.3) is 0 Å². The second-order valence-corrected chi connectivity index (χ2v) is 1.16. The monoisotopic (exact) mass is 90.1 g/mol. The molecular weight excluding hydrogens is 80.0 g/mol. The van der Waals surface area contributed by atoms with Gasteiger partial charge in [0, 0.05) is 6.54 Å². The zero-order valence-corrected chi connectivity index (χ0v) is 3.89. The molecule has 0 aliphatic heterocycles. The van der Waals surface area contributed by atoms with E-state index in [1.165, 1.54) is 0 Å². The molecule has 0 aromatic heterocycles. The molecule has 0 heterocycles. The van der Waals surface area contributed by atoms with Crippen molar-refractivity contribution < 1.29 is 5.21 Å². The summed E-state index contributed by atoms with van der Waals surface area (Å²) in [7, 11) is 0. The molecule has 6 heavy (non-hydrogen) atoms. The number of nitrogens with zero attached hydrogens (tertiary/aromatic N) is 1. The Bertz CT molecular complexity index is 30.0. The predicted octanol–water partition coefficient (Wildman–Crippen LogP) is -0.0387. The van der Waals surface area contributed by atoms with Gasteiger partial charge in [-0.25, -0.2) is 5.84 Å². The number of nitrogens with two attached hydrogens (primary N) is 1. The van der Waals surface area contributed by atoms with Crippen molar-refractivity contribution in [3.05, 3.63) is 0 Å². The Hall–Kier alpha value is -0.120. The van der Waals surface area contributed by atoms with Crippen LogP contribution in [-0.4, -0.2) is 16.9 Å². The Balaban J connectivity index is 2.63. The van der Waals surface area contributed by atoms with Crippen LogP contribution in [0, 0.1) is 0 Å². The van der Waals surface area contributed by atoms with Crippen LogP contribution in [0.5, 0.6) is 0 Å². The Kier molecular flexibility index (Phi) is 3.02. The normalized spacial score (nSPS) is 10.0. The SMILES string of the molecule is CCCN(N)O. The molecule has 0 atom stereocenters. The third-order valence-corrected chi connectivity index (χ3v) is 0.453. The molecule has 3 N–H and O–H groups in total. The highest BCUT2D eigenvalue weighted by atomic mass is 16.5. The van der Waals surface area contributed by atoms with E-state index >= 15 is 0 Å². The van der Waals surface area contributed by atoms with Crippen LogP contribution in [0.1, 0.15) is 13.3 Å². The van der Waals surface area contributed by atoms with E-state index in [4.69, 9.17) is 11.0 Å². The molecule has 0 unspecified atom stereocenters. The van der Waals surface area contributed by atoms with Gasteiger partial charge in [0.1, 0.15) is 0 Å². The topological polar surface area (TPSA) is 49.5 Å². The summed E-state index contributed by atoms with van der Waals surface area (Å²) < 4.78 is 0. The first kappa shape index (κ1) is 5.88. The molecule has 0 saturated heterocycles. The third-order valence-electron chi connectivity index (χ3n) is 0.453. The molecule has 0 bridgehead atoms. The summed E-state index contributed by atoms with van der Waals surface area (Å²) in [6.07, 6.45) is 0.882. The predicted molar refractivity (Wildman–Crippen MR) is 23.0 cm³/mol. The van der Waals surface area contributed by atoms with Gasteiger partial charge in [-0.15, -0.1) is 5.17 Å². The molecule has 3 heteroatoms. The average molecular weight is 90.1 g/mol. The smallest absolute Gasteiger partial charge is 0.0393 e. The van der Waals surface area contributed by atoms with Gasteiger partial charge in [-0.2, -0.15) is 0 Å². The maximum absolute atomic E-state index is 8.16. The van der Waals surface area contributed by atoms with Gasteiger partial charge in [-0.1, -0.05) is 6.92 Å². The van der Waals surface area contributed by atoms with Crippen molar-refractivity contribution in [2.75, 3.05) is 6.54 Å². The molecule has 0 aliphatic rings. The minimum atomic E-state index is 0.542. The van der Waals surface area contributed by atoms with Gasteiger partial charge in [0.15, 0.2) is 0 Å². The molecule has 0 aromatic carbocycles. The van der Waals surface area contributed by atoms with E-state index < -0.39 is 0 Å². The highest BCUT2D eigenvalue weighted by molar-refractivity contribution is 4.24. The van der Waals surface area contributed by atoms with E-state index in [0.29, 0.717) is 11.7 Å². The minimum Gasteiger partial charge on any atom is -0.299 e. The molecule has 0 amide bonds. The van der Waals surface area contributed by atoms with E-state index in [9.17, 15) is 0 Å². The summed E-state index contributed by atoms with van der Waals surface area (Å²) in [5.41, 5.74) is 0. The summed E-state index contributed by atoms with van der Waals surface area (Å²) in [5, 5.41) is 8.84. The first-order valence-corrected chi connectivity index (χ1v) is 1.98. The van der Waals surface area contributed by atoms with Crippen molar-refractivity contribution in [2.24, 2.45) is 5.84 Å². The summed E-state index contributed by atoms with van der Waals surface area (Å²) in [6.45, 7) is 2.48. The van der Waals surface area contributed by atoms with Gasteiger partial charge in [0.2, 0.25) is 0 Å². The van der Waals surface area contributed by atoms with E-state index in [0.717, 1.165) is 6.42 Å². The number of hydrogen-bond donors (Lipinski definition) is 2. The number of rotatable bonds is 2. The highest BCUT2D eigenvalue weighted by Crippen LogP contribution is 1.72. The van der Waals surface area contributed by atoms with E-state index in [-0.39, 0.29) is 0 Å². The number of hydrogen-bond acceptors (Lipinski definition) is 3. The average Bonchev–Trinajstić information content (AvgIpc) is 1.35. The fraction of sp³-hybridized carbons (Fsp3) is 1.00. The molecular formula is C3H10N2O. The van der Waals surface area contributed by atoms with Gasteiger partial charge < -0.3 is 0 Å². The molecule has 0 rings (SSSR count). The van der Waals surface area contributed by atoms with E-state index in [2.05, 4.69) is 0 Å². The lowest BCUT2D eigenvalue weighted by Gasteiger charge is -2.01. The van der Waals surface area contributed by atoms with Crippen molar-refractivity contribution in [2.45, 2.75) is 13.3 Å². The van der Waals surface area contributed by atoms with Crippen LogP contribution in [0.2, 0.25) is 0 Å². The molecule has 0 aliphatic carbocycles. The Morgan fingerprint density at radius 3 is 2.33 bits per heavy atom. The zero-order chi connectivity index (χ0) is 4.99. The maximum atomic E-state index is 8.16. The highest BCUT2D eigenvalue weighted by Gasteiger charge is 1.82. The van der Waals surface area contributed by atoms with Crippen LogP contribution in [0.15, 0.2) is 0 Å². The summed E-state index contributed by atoms with van der Waals surface area (Å²) in [6, 6.07) is 0. The van der Waals surface area contributed by atoms with Crippen LogP contribution in [0.3, 0.4) is 0 Å². The van der Waals surface area contributed by atoms with Crippen molar-refractivity contribution in [1.29, 1.82) is 0 Å². The zero-order valence-electron chi connectivity index (χ0n) is 3.89. The van der Waals surface area contributed by atoms with Gasteiger partial charge in [-0.3, -0.25) is 5.21 Å². The van der Waals surface area contributed by atoms with Crippen molar-refractivity contribution in [3.8, 4) is 0 Å². The fourth-order valence-corrected chi connectivity index (χ4v) is 0.229. The molecule has 0 radical (unpaired) electrons. The van der Waals surface area contributed by atoms with Crippen molar-refractivity contribution >= 4 is 0 Å². The molecule has 0 spiro atoms. The van der Waals surface area contributed by atoms with Gasteiger partial charge >= 0.3 is 0 Å². The lowest BCUT2D eigenvalue weighted by atomic mass is 10.5. The third kappa shape index (κ3) is 3.88. The number of hydroxylamine groups is 1. The lowest BCUT2D eigenvalue weighted by molar-refractivity contribution is -0.0926. The number of hydrazine groups is 1. The van der Waals surface area contributed by atoms with Crippen LogP contribution >= 0.6 is 0 Å². The first-order valence-electron chi connectivity index (χ1n) is 1.98. The van der Waals surface area contributed by atoms with Crippen LogP contribution < -0.4 is 5.84 Å². The molecule has 0 saturated carbocycles. The Morgan fingerprint density at radius 2 is 2.33 bits per heavy atom. The Labute approximate surface area is 37.3 Å². The van der Waals surface area contributed by atoms with E-state index in [1.807, 2.05) is 6.92 Å². The molecule has 0 aromatic rings. The summed E-state index contributed by atoms with van der Waals surface area (Å²) in [5.74, 6) is 4.79. The summed E-state index contributed by atoms with van der Waals surface area (Å²) >= 11 is 0. The van der Waals surface area contributed by atoms with Crippen LogP contribution in [0.4, 0.5) is 0 Å². The molecule has 38 valence electrons. The summed E-state index contributed by atoms with van der Waals surface area (Å²) in [4.78, 5) is 0. The maximum Gasteiger partial charge on any atom is 0.0393 e. The molecule has 0 fully saturated rings. The minimum absolute atomic E-state index is 0.542. The van der Waals surface area contributed by atoms with Crippen molar-refractivity contribution in [3.63, 3.8) is 0 Å². The first-order chi connectivity index (χ1) is 2.77. The standard InChI is InChI=1S/C3H10N2O/c1-2-3-5(4)6/h6H,2-4H2,1H3. The van der Waals surface area contributed by atoms with Gasteiger partial charge in [-0.05, 0) is 6.42 Å². The quantitative estimate of drug-likeness (QED) is 0.369. The molecule has 3 nitrogen and oxygen atoms in total. The lowest BCUT2D eigenvalue weighted by Crippen LogP contribution is -2.27. The van der Waals surface area contributed by atoms with Crippen molar-refractivity contribution in [1.82, 2.24) is 5.17 Å². The van der Waals surface area contributed by atoms with Gasteiger partial charge in [0.25, 0.3) is 0 Å². The van der Waals surface area contributed by atoms with E-state index in [1.54, 1.807) is 0 Å². The second kappa shape index (κ2) is 3.08. The second-order valence-electron chi connectivity index (χ2n) is 1.16.